The first-order valence-electron chi connectivity index (χ1n) is 9.03. The van der Waals surface area contributed by atoms with Crippen LogP contribution in [-0.2, 0) is 4.52 Å². The summed E-state index contributed by atoms with van der Waals surface area (Å²) in [4.78, 5) is 0. The third-order valence-corrected chi connectivity index (χ3v) is 7.85. The zero-order chi connectivity index (χ0) is 18.4. The number of benzene rings is 2. The highest BCUT2D eigenvalue weighted by atomic mass is 32.2. The Bertz CT molecular complexity index is 582. The lowest BCUT2D eigenvalue weighted by Crippen LogP contribution is -2.32. The molecule has 0 fully saturated rings. The average Bonchev–Trinajstić information content (AvgIpc) is 2.58. The minimum Gasteiger partial charge on any atom is -0.346 e. The third-order valence-electron chi connectivity index (χ3n) is 3.86. The summed E-state index contributed by atoms with van der Waals surface area (Å²) < 4.78 is 6.97. The van der Waals surface area contributed by atoms with E-state index in [2.05, 4.69) is 102 Å². The van der Waals surface area contributed by atoms with Crippen molar-refractivity contribution in [2.75, 3.05) is 0 Å². The van der Waals surface area contributed by atoms with Crippen molar-refractivity contribution in [2.45, 2.75) is 57.6 Å². The molecule has 3 heteroatoms. The summed E-state index contributed by atoms with van der Waals surface area (Å²) in [5.74, 6) is 0.572. The van der Waals surface area contributed by atoms with Crippen LogP contribution in [0.4, 0.5) is 0 Å². The highest BCUT2D eigenvalue weighted by molar-refractivity contribution is 8.01. The molecule has 0 bridgehead atoms. The van der Waals surface area contributed by atoms with Gasteiger partial charge in [-0.1, -0.05) is 95.3 Å². The molecule has 2 aromatic carbocycles. The van der Waals surface area contributed by atoms with Gasteiger partial charge in [0.2, 0.25) is 0 Å². The molecule has 0 amide bonds. The minimum absolute atomic E-state index is 0.191. The van der Waals surface area contributed by atoms with E-state index in [1.807, 2.05) is 11.8 Å². The Morgan fingerprint density at radius 3 is 1.60 bits per heavy atom. The molecule has 2 aromatic rings. The van der Waals surface area contributed by atoms with Crippen LogP contribution < -0.4 is 10.6 Å². The summed E-state index contributed by atoms with van der Waals surface area (Å²) >= 11 is 2.04. The highest BCUT2D eigenvalue weighted by Gasteiger charge is 2.30. The number of rotatable bonds is 7. The number of hydrogen-bond acceptors (Lipinski definition) is 2. The second-order valence-corrected chi connectivity index (χ2v) is 11.6. The molecule has 0 heterocycles. The first kappa shape index (κ1) is 20.5. The Kier molecular flexibility index (Phi) is 7.55. The minimum atomic E-state index is -0.802. The van der Waals surface area contributed by atoms with E-state index in [1.165, 1.54) is 10.6 Å². The van der Waals surface area contributed by atoms with Crippen LogP contribution >= 0.6 is 19.9 Å². The zero-order valence-corrected chi connectivity index (χ0v) is 18.0. The van der Waals surface area contributed by atoms with Gasteiger partial charge >= 0.3 is 0 Å². The van der Waals surface area contributed by atoms with Crippen molar-refractivity contribution in [2.24, 2.45) is 5.92 Å². The monoisotopic (exact) mass is 374 g/mol. The van der Waals surface area contributed by atoms with Crippen molar-refractivity contribution in [3.8, 4) is 0 Å². The van der Waals surface area contributed by atoms with Gasteiger partial charge in [0.05, 0.1) is 14.3 Å². The fraction of sp³-hybridized carbons (Fsp3) is 0.455. The molecule has 0 saturated carbocycles. The third kappa shape index (κ3) is 6.44. The van der Waals surface area contributed by atoms with Crippen LogP contribution in [0.3, 0.4) is 0 Å². The molecule has 0 radical (unpaired) electrons. The Labute approximate surface area is 159 Å². The van der Waals surface area contributed by atoms with Gasteiger partial charge in [-0.15, -0.1) is 11.8 Å². The lowest BCUT2D eigenvalue weighted by atomic mass is 10.1. The molecule has 1 nitrogen and oxygen atoms in total. The molecule has 2 atom stereocenters. The second kappa shape index (κ2) is 9.21. The summed E-state index contributed by atoms with van der Waals surface area (Å²) in [7, 11) is -0.802. The van der Waals surface area contributed by atoms with Crippen LogP contribution in [0.1, 0.15) is 41.5 Å². The smallest absolute Gasteiger partial charge is 0.0922 e. The normalized spacial score (nSPS) is 14.7. The summed E-state index contributed by atoms with van der Waals surface area (Å²) in [6.07, 6.45) is 0.191. The molecular weight excluding hydrogens is 343 g/mol. The van der Waals surface area contributed by atoms with Crippen LogP contribution in [0.2, 0.25) is 0 Å². The van der Waals surface area contributed by atoms with E-state index in [0.29, 0.717) is 11.2 Å². The molecule has 0 aliphatic rings. The van der Waals surface area contributed by atoms with Crippen LogP contribution in [0.15, 0.2) is 60.7 Å². The summed E-state index contributed by atoms with van der Waals surface area (Å²) in [5, 5.41) is 3.02. The van der Waals surface area contributed by atoms with Crippen LogP contribution in [0.5, 0.6) is 0 Å². The molecule has 0 unspecified atom stereocenters. The van der Waals surface area contributed by atoms with E-state index in [-0.39, 0.29) is 10.9 Å². The Morgan fingerprint density at radius 1 is 0.800 bits per heavy atom. The van der Waals surface area contributed by atoms with Gasteiger partial charge in [-0.3, -0.25) is 0 Å². The Balaban J connectivity index is 2.26. The molecule has 0 N–H and O–H groups in total. The molecule has 0 aromatic heterocycles. The molecule has 0 aliphatic carbocycles. The first-order valence-corrected chi connectivity index (χ1v) is 11.2. The van der Waals surface area contributed by atoms with Crippen LogP contribution in [0.25, 0.3) is 0 Å². The SMILES string of the molecule is CC(C)[C@H](SC(C)(C)C)[C@H](C)OP(c1ccccc1)c1ccccc1. The lowest BCUT2D eigenvalue weighted by Gasteiger charge is -2.34. The molecule has 0 aliphatic heterocycles. The predicted molar refractivity (Wildman–Crippen MR) is 116 cm³/mol. The predicted octanol–water partition coefficient (Wildman–Crippen LogP) is 6.00. The quantitative estimate of drug-likeness (QED) is 0.550. The standard InChI is InChI=1S/C22H31OPS/c1-17(2)21(25-22(4,5)6)18(3)23-24(19-13-9-7-10-14-19)20-15-11-8-12-16-20/h7-18,21H,1-6H3/t18-,21-/m0/s1. The number of hydrogen-bond donors (Lipinski definition) is 0. The van der Waals surface area contributed by atoms with Crippen molar-refractivity contribution in [1.82, 2.24) is 0 Å². The van der Waals surface area contributed by atoms with E-state index in [9.17, 15) is 0 Å². The van der Waals surface area contributed by atoms with Crippen molar-refractivity contribution in [1.29, 1.82) is 0 Å². The summed E-state index contributed by atoms with van der Waals surface area (Å²) in [5.41, 5.74) is 0. The lowest BCUT2D eigenvalue weighted by molar-refractivity contribution is 0.227. The zero-order valence-electron chi connectivity index (χ0n) is 16.3. The molecular formula is C22H31OPS. The molecule has 2 rings (SSSR count). The van der Waals surface area contributed by atoms with E-state index >= 15 is 0 Å². The van der Waals surface area contributed by atoms with Gasteiger partial charge in [0, 0.05) is 20.6 Å². The molecule has 0 spiro atoms. The fourth-order valence-electron chi connectivity index (χ4n) is 2.81. The maximum absolute atomic E-state index is 6.74. The topological polar surface area (TPSA) is 9.23 Å². The van der Waals surface area contributed by atoms with Crippen molar-refractivity contribution >= 4 is 30.5 Å². The first-order chi connectivity index (χ1) is 11.8. The van der Waals surface area contributed by atoms with E-state index < -0.39 is 8.15 Å². The van der Waals surface area contributed by atoms with Gasteiger partial charge in [-0.2, -0.15) is 0 Å². The van der Waals surface area contributed by atoms with Gasteiger partial charge in [-0.25, -0.2) is 0 Å². The largest absolute Gasteiger partial charge is 0.346 e. The van der Waals surface area contributed by atoms with Gasteiger partial charge in [0.25, 0.3) is 0 Å². The highest BCUT2D eigenvalue weighted by Crippen LogP contribution is 2.42. The molecule has 0 saturated heterocycles. The van der Waals surface area contributed by atoms with Crippen LogP contribution in [0, 0.1) is 5.92 Å². The van der Waals surface area contributed by atoms with Gasteiger partial charge in [0.1, 0.15) is 0 Å². The van der Waals surface area contributed by atoms with Gasteiger partial charge in [-0.05, 0) is 12.8 Å². The van der Waals surface area contributed by atoms with E-state index in [0.717, 1.165) is 0 Å². The van der Waals surface area contributed by atoms with E-state index in [1.54, 1.807) is 0 Å². The summed E-state index contributed by atoms with van der Waals surface area (Å²) in [6, 6.07) is 21.3. The van der Waals surface area contributed by atoms with Crippen molar-refractivity contribution < 1.29 is 4.52 Å². The van der Waals surface area contributed by atoms with Crippen molar-refractivity contribution in [3.63, 3.8) is 0 Å². The van der Waals surface area contributed by atoms with Crippen LogP contribution in [-0.4, -0.2) is 16.1 Å². The fourth-order valence-corrected chi connectivity index (χ4v) is 6.12. The average molecular weight is 375 g/mol. The Morgan fingerprint density at radius 2 is 1.24 bits per heavy atom. The van der Waals surface area contributed by atoms with Crippen molar-refractivity contribution in [3.05, 3.63) is 60.7 Å². The molecule has 136 valence electrons. The van der Waals surface area contributed by atoms with Gasteiger partial charge < -0.3 is 4.52 Å². The summed E-state index contributed by atoms with van der Waals surface area (Å²) in [6.45, 7) is 13.7. The Hall–Kier alpha value is -0.820. The maximum Gasteiger partial charge on any atom is 0.0922 e. The molecule has 25 heavy (non-hydrogen) atoms. The van der Waals surface area contributed by atoms with E-state index in [4.69, 9.17) is 4.52 Å². The number of thioether (sulfide) groups is 1. The van der Waals surface area contributed by atoms with Gasteiger partial charge in [0.15, 0.2) is 0 Å². The maximum atomic E-state index is 6.74. The second-order valence-electron chi connectivity index (χ2n) is 7.71.